The van der Waals surface area contributed by atoms with Crippen LogP contribution in [0.5, 0.6) is 0 Å². The van der Waals surface area contributed by atoms with Crippen LogP contribution < -0.4 is 5.73 Å². The number of ketones is 1. The molecular formula is C17H16FNO. The van der Waals surface area contributed by atoms with Crippen LogP contribution in [0.3, 0.4) is 0 Å². The van der Waals surface area contributed by atoms with E-state index in [2.05, 4.69) is 0 Å². The van der Waals surface area contributed by atoms with Gasteiger partial charge in [0.2, 0.25) is 0 Å². The highest BCUT2D eigenvalue weighted by atomic mass is 19.1. The Bertz CT molecular complexity index is 672. The summed E-state index contributed by atoms with van der Waals surface area (Å²) in [4.78, 5) is 12.8. The fourth-order valence-corrected chi connectivity index (χ4v) is 2.71. The number of nitrogen functional groups attached to an aromatic ring is 1. The van der Waals surface area contributed by atoms with E-state index in [9.17, 15) is 9.18 Å². The minimum absolute atomic E-state index is 0.0831. The van der Waals surface area contributed by atoms with Crippen molar-refractivity contribution in [3.63, 3.8) is 0 Å². The maximum atomic E-state index is 13.2. The third-order valence-electron chi connectivity index (χ3n) is 4.08. The van der Waals surface area contributed by atoms with Gasteiger partial charge < -0.3 is 5.73 Å². The number of Topliss-reactive ketones (excluding diaryl/α,β-unsaturated/α-hetero) is 1. The first-order valence-electron chi connectivity index (χ1n) is 6.70. The van der Waals surface area contributed by atoms with Gasteiger partial charge in [0.1, 0.15) is 5.82 Å². The Morgan fingerprint density at radius 2 is 1.80 bits per heavy atom. The number of hydrogen-bond acceptors (Lipinski definition) is 2. The number of carbonyl (C=O) groups excluding carboxylic acids is 1. The van der Waals surface area contributed by atoms with Gasteiger partial charge >= 0.3 is 0 Å². The molecule has 0 unspecified atom stereocenters. The Hall–Kier alpha value is -2.16. The van der Waals surface area contributed by atoms with E-state index in [1.165, 1.54) is 12.1 Å². The Morgan fingerprint density at radius 3 is 2.35 bits per heavy atom. The zero-order valence-electron chi connectivity index (χ0n) is 11.3. The zero-order chi connectivity index (χ0) is 14.3. The van der Waals surface area contributed by atoms with Crippen LogP contribution in [-0.2, 0) is 5.41 Å². The van der Waals surface area contributed by atoms with Crippen LogP contribution in [0.4, 0.5) is 10.1 Å². The topological polar surface area (TPSA) is 43.1 Å². The molecule has 0 radical (unpaired) electrons. The van der Waals surface area contributed by atoms with Gasteiger partial charge in [-0.2, -0.15) is 0 Å². The monoisotopic (exact) mass is 269 g/mol. The summed E-state index contributed by atoms with van der Waals surface area (Å²) in [7, 11) is 0. The molecule has 3 rings (SSSR count). The number of anilines is 1. The second kappa shape index (κ2) is 4.44. The zero-order valence-corrected chi connectivity index (χ0v) is 11.3. The fraction of sp³-hybridized carbons (Fsp3) is 0.235. The molecule has 0 bridgehead atoms. The van der Waals surface area contributed by atoms with Crippen LogP contribution in [0.15, 0.2) is 42.5 Å². The maximum Gasteiger partial charge on any atom is 0.173 e. The summed E-state index contributed by atoms with van der Waals surface area (Å²) in [6.07, 6.45) is 1.68. The van der Waals surface area contributed by atoms with Gasteiger partial charge in [-0.3, -0.25) is 4.79 Å². The number of nitrogens with two attached hydrogens (primary N) is 1. The Morgan fingerprint density at radius 1 is 1.15 bits per heavy atom. The molecule has 0 aromatic heterocycles. The Kier molecular flexibility index (Phi) is 2.85. The van der Waals surface area contributed by atoms with Gasteiger partial charge in [0.05, 0.1) is 5.41 Å². The molecule has 1 saturated carbocycles. The standard InChI is InChI=1S/C17H16FNO/c1-11-10-13(18)4-7-15(11)16(20)17(8-9-17)12-2-5-14(19)6-3-12/h2-7,10H,8-9,19H2,1H3. The maximum absolute atomic E-state index is 13.2. The van der Waals surface area contributed by atoms with E-state index >= 15 is 0 Å². The molecule has 1 aliphatic rings. The van der Waals surface area contributed by atoms with Crippen molar-refractivity contribution in [2.75, 3.05) is 5.73 Å². The van der Waals surface area contributed by atoms with Gasteiger partial charge in [0.25, 0.3) is 0 Å². The molecule has 102 valence electrons. The third-order valence-corrected chi connectivity index (χ3v) is 4.08. The molecule has 2 aromatic carbocycles. The minimum atomic E-state index is -0.434. The molecule has 1 aliphatic carbocycles. The number of carbonyl (C=O) groups is 1. The summed E-state index contributed by atoms with van der Waals surface area (Å²) in [5, 5.41) is 0. The van der Waals surface area contributed by atoms with Crippen molar-refractivity contribution >= 4 is 11.5 Å². The van der Waals surface area contributed by atoms with Crippen molar-refractivity contribution in [2.45, 2.75) is 25.2 Å². The average Bonchev–Trinajstić information content (AvgIpc) is 3.20. The first-order chi connectivity index (χ1) is 9.53. The van der Waals surface area contributed by atoms with E-state index in [1.54, 1.807) is 13.0 Å². The Balaban J connectivity index is 1.99. The van der Waals surface area contributed by atoms with Crippen molar-refractivity contribution in [2.24, 2.45) is 0 Å². The quantitative estimate of drug-likeness (QED) is 0.683. The number of hydrogen-bond donors (Lipinski definition) is 1. The summed E-state index contributed by atoms with van der Waals surface area (Å²) in [6.45, 7) is 1.77. The molecule has 2 N–H and O–H groups in total. The number of halogens is 1. The summed E-state index contributed by atoms with van der Waals surface area (Å²) in [5.41, 5.74) is 8.25. The van der Waals surface area contributed by atoms with Gasteiger partial charge in [-0.25, -0.2) is 4.39 Å². The van der Waals surface area contributed by atoms with Crippen LogP contribution in [0.1, 0.15) is 34.3 Å². The second-order valence-electron chi connectivity index (χ2n) is 5.49. The second-order valence-corrected chi connectivity index (χ2v) is 5.49. The van der Waals surface area contributed by atoms with Crippen LogP contribution in [0, 0.1) is 12.7 Å². The van der Waals surface area contributed by atoms with Gasteiger partial charge in [0, 0.05) is 11.3 Å². The smallest absolute Gasteiger partial charge is 0.173 e. The molecule has 0 saturated heterocycles. The highest BCUT2D eigenvalue weighted by molar-refractivity contribution is 6.07. The van der Waals surface area contributed by atoms with Crippen LogP contribution in [-0.4, -0.2) is 5.78 Å². The van der Waals surface area contributed by atoms with E-state index in [1.807, 2.05) is 24.3 Å². The van der Waals surface area contributed by atoms with Gasteiger partial charge in [-0.05, 0) is 61.2 Å². The summed E-state index contributed by atoms with van der Waals surface area (Å²) in [5.74, 6) is -0.226. The van der Waals surface area contributed by atoms with Crippen LogP contribution >= 0.6 is 0 Å². The predicted molar refractivity (Wildman–Crippen MR) is 77.2 cm³/mol. The number of aryl methyl sites for hydroxylation is 1. The van der Waals surface area contributed by atoms with Crippen molar-refractivity contribution in [3.05, 3.63) is 65.0 Å². The van der Waals surface area contributed by atoms with Gasteiger partial charge in [-0.15, -0.1) is 0 Å². The van der Waals surface area contributed by atoms with Gasteiger partial charge in [-0.1, -0.05) is 12.1 Å². The molecule has 0 spiro atoms. The molecule has 0 aliphatic heterocycles. The van der Waals surface area contributed by atoms with Crippen LogP contribution in [0.25, 0.3) is 0 Å². The lowest BCUT2D eigenvalue weighted by molar-refractivity contribution is 0.0945. The molecule has 0 atom stereocenters. The molecule has 1 fully saturated rings. The third kappa shape index (κ3) is 1.99. The van der Waals surface area contributed by atoms with E-state index in [0.717, 1.165) is 18.4 Å². The molecule has 0 heterocycles. The average molecular weight is 269 g/mol. The molecule has 2 aromatic rings. The highest BCUT2D eigenvalue weighted by Gasteiger charge is 2.51. The van der Waals surface area contributed by atoms with Gasteiger partial charge in [0.15, 0.2) is 5.78 Å². The van der Waals surface area contributed by atoms with E-state index in [-0.39, 0.29) is 11.6 Å². The largest absolute Gasteiger partial charge is 0.399 e. The van der Waals surface area contributed by atoms with Crippen molar-refractivity contribution in [1.29, 1.82) is 0 Å². The van der Waals surface area contributed by atoms with E-state index < -0.39 is 5.41 Å². The number of rotatable bonds is 3. The highest BCUT2D eigenvalue weighted by Crippen LogP contribution is 2.50. The lowest BCUT2D eigenvalue weighted by atomic mass is 9.86. The number of benzene rings is 2. The van der Waals surface area contributed by atoms with Crippen molar-refractivity contribution in [3.8, 4) is 0 Å². The van der Waals surface area contributed by atoms with Crippen LogP contribution in [0.2, 0.25) is 0 Å². The van der Waals surface area contributed by atoms with E-state index in [4.69, 9.17) is 5.73 Å². The van der Waals surface area contributed by atoms with E-state index in [0.29, 0.717) is 16.8 Å². The molecule has 3 heteroatoms. The lowest BCUT2D eigenvalue weighted by Crippen LogP contribution is -2.21. The normalized spacial score (nSPS) is 15.9. The fourth-order valence-electron chi connectivity index (χ4n) is 2.71. The lowest BCUT2D eigenvalue weighted by Gasteiger charge is -2.16. The molecule has 2 nitrogen and oxygen atoms in total. The Labute approximate surface area is 117 Å². The SMILES string of the molecule is Cc1cc(F)ccc1C(=O)C1(c2ccc(N)cc2)CC1. The summed E-state index contributed by atoms with van der Waals surface area (Å²) < 4.78 is 13.2. The molecule has 20 heavy (non-hydrogen) atoms. The first-order valence-corrected chi connectivity index (χ1v) is 6.70. The minimum Gasteiger partial charge on any atom is -0.399 e. The van der Waals surface area contributed by atoms with Crippen molar-refractivity contribution in [1.82, 2.24) is 0 Å². The molecular weight excluding hydrogens is 253 g/mol. The first kappa shape index (κ1) is 12.9. The molecule has 0 amide bonds. The predicted octanol–water partition coefficient (Wildman–Crippen LogP) is 3.63. The van der Waals surface area contributed by atoms with Crippen molar-refractivity contribution < 1.29 is 9.18 Å². The summed E-state index contributed by atoms with van der Waals surface area (Å²) in [6, 6.07) is 11.8. The summed E-state index contributed by atoms with van der Waals surface area (Å²) >= 11 is 0.